The third kappa shape index (κ3) is 3.52. The maximum atomic E-state index is 12.9. The summed E-state index contributed by atoms with van der Waals surface area (Å²) in [5.41, 5.74) is 0.326. The fraction of sp³-hybridized carbons (Fsp3) is 0.167. The average Bonchev–Trinajstić information content (AvgIpc) is 2.91. The second-order valence-electron chi connectivity index (χ2n) is 5.63. The maximum absolute atomic E-state index is 12.9. The van der Waals surface area contributed by atoms with Crippen molar-refractivity contribution in [1.82, 2.24) is 4.90 Å². The zero-order valence-electron chi connectivity index (χ0n) is 13.7. The lowest BCUT2D eigenvalue weighted by Gasteiger charge is -2.20. The smallest absolute Gasteiger partial charge is 0.338 e. The number of hydrogen-bond acceptors (Lipinski definition) is 4. The minimum absolute atomic E-state index is 0.278. The first-order valence-corrected chi connectivity index (χ1v) is 8.10. The van der Waals surface area contributed by atoms with Crippen molar-refractivity contribution in [2.24, 2.45) is 0 Å². The molecule has 0 aliphatic carbocycles. The first-order valence-electron chi connectivity index (χ1n) is 7.73. The van der Waals surface area contributed by atoms with Gasteiger partial charge in [0.25, 0.3) is 11.8 Å². The van der Waals surface area contributed by atoms with E-state index in [0.29, 0.717) is 10.7 Å². The van der Waals surface area contributed by atoms with E-state index in [1.165, 1.54) is 43.3 Å². The number of benzene rings is 2. The van der Waals surface area contributed by atoms with Crippen LogP contribution in [-0.4, -0.2) is 35.4 Å². The second kappa shape index (κ2) is 7.13. The molecule has 1 aliphatic heterocycles. The monoisotopic (exact) mass is 376 g/mol. The normalized spacial score (nSPS) is 15.3. The van der Waals surface area contributed by atoms with Crippen molar-refractivity contribution in [3.05, 3.63) is 59.4 Å². The van der Waals surface area contributed by atoms with Gasteiger partial charge < -0.3 is 4.74 Å². The lowest BCUT2D eigenvalue weighted by atomic mass is 10.3. The number of imide groups is 2. The van der Waals surface area contributed by atoms with Crippen molar-refractivity contribution in [3.63, 3.8) is 0 Å². The minimum atomic E-state index is -1.03. The van der Waals surface area contributed by atoms with E-state index in [1.54, 1.807) is 12.1 Å². The molecule has 0 bridgehead atoms. The van der Waals surface area contributed by atoms with Gasteiger partial charge in [-0.2, -0.15) is 0 Å². The van der Waals surface area contributed by atoms with E-state index in [9.17, 15) is 18.8 Å². The number of hydrogen-bond donors (Lipinski definition) is 0. The summed E-state index contributed by atoms with van der Waals surface area (Å²) in [5.74, 6) is -1.35. The number of carbonyl (C=O) groups is 3. The van der Waals surface area contributed by atoms with Crippen LogP contribution in [0.4, 0.5) is 14.9 Å². The number of amides is 4. The van der Waals surface area contributed by atoms with Crippen LogP contribution in [0.25, 0.3) is 0 Å². The molecule has 1 saturated heterocycles. The summed E-state index contributed by atoms with van der Waals surface area (Å²) in [6.07, 6.45) is -1.03. The van der Waals surface area contributed by atoms with Crippen molar-refractivity contribution >= 4 is 35.1 Å². The number of halogens is 2. The highest BCUT2D eigenvalue weighted by atomic mass is 35.5. The first kappa shape index (κ1) is 17.9. The predicted molar refractivity (Wildman–Crippen MR) is 92.5 cm³/mol. The van der Waals surface area contributed by atoms with Crippen LogP contribution in [0.3, 0.4) is 0 Å². The summed E-state index contributed by atoms with van der Waals surface area (Å²) >= 11 is 5.81. The number of ether oxygens (including phenoxy) is 1. The van der Waals surface area contributed by atoms with Crippen molar-refractivity contribution in [2.45, 2.75) is 13.0 Å². The zero-order valence-corrected chi connectivity index (χ0v) is 14.4. The Balaban J connectivity index is 1.73. The summed E-state index contributed by atoms with van der Waals surface area (Å²) in [7, 11) is 0. The van der Waals surface area contributed by atoms with Crippen LogP contribution in [0.15, 0.2) is 48.5 Å². The molecule has 1 aliphatic rings. The van der Waals surface area contributed by atoms with E-state index < -0.39 is 29.8 Å². The molecule has 2 aromatic rings. The van der Waals surface area contributed by atoms with Gasteiger partial charge in [0.1, 0.15) is 18.1 Å². The predicted octanol–water partition coefficient (Wildman–Crippen LogP) is 3.24. The van der Waals surface area contributed by atoms with Crippen LogP contribution in [0.1, 0.15) is 6.92 Å². The summed E-state index contributed by atoms with van der Waals surface area (Å²) in [6, 6.07) is 10.5. The number of urea groups is 1. The number of anilines is 1. The summed E-state index contributed by atoms with van der Waals surface area (Å²) in [4.78, 5) is 39.0. The van der Waals surface area contributed by atoms with Crippen LogP contribution in [-0.2, 0) is 9.59 Å². The largest absolute Gasteiger partial charge is 0.481 e. The molecule has 6 nitrogen and oxygen atoms in total. The Morgan fingerprint density at radius 2 is 1.73 bits per heavy atom. The summed E-state index contributed by atoms with van der Waals surface area (Å²) in [5, 5.41) is 0.460. The van der Waals surface area contributed by atoms with Gasteiger partial charge in [-0.25, -0.2) is 14.1 Å². The molecule has 26 heavy (non-hydrogen) atoms. The van der Waals surface area contributed by atoms with Crippen LogP contribution in [0, 0.1) is 5.82 Å². The highest BCUT2D eigenvalue weighted by molar-refractivity contribution is 6.31. The lowest BCUT2D eigenvalue weighted by Crippen LogP contribution is -2.43. The quantitative estimate of drug-likeness (QED) is 0.768. The second-order valence-corrected chi connectivity index (χ2v) is 6.06. The molecule has 1 fully saturated rings. The van der Waals surface area contributed by atoms with Gasteiger partial charge in [-0.05, 0) is 55.5 Å². The Labute approximate surface area is 153 Å². The van der Waals surface area contributed by atoms with E-state index in [0.717, 1.165) is 9.80 Å². The fourth-order valence-electron chi connectivity index (χ4n) is 2.50. The number of rotatable bonds is 4. The molecular formula is C18H14ClFN2O4. The van der Waals surface area contributed by atoms with E-state index >= 15 is 0 Å². The van der Waals surface area contributed by atoms with E-state index in [1.807, 2.05) is 0 Å². The lowest BCUT2D eigenvalue weighted by molar-refractivity contribution is -0.135. The summed E-state index contributed by atoms with van der Waals surface area (Å²) in [6.45, 7) is 1.08. The van der Waals surface area contributed by atoms with Crippen molar-refractivity contribution in [2.75, 3.05) is 11.4 Å². The zero-order chi connectivity index (χ0) is 18.8. The van der Waals surface area contributed by atoms with Crippen molar-refractivity contribution in [1.29, 1.82) is 0 Å². The van der Waals surface area contributed by atoms with Crippen LogP contribution < -0.4 is 9.64 Å². The van der Waals surface area contributed by atoms with Gasteiger partial charge in [0, 0.05) is 5.02 Å². The van der Waals surface area contributed by atoms with Gasteiger partial charge >= 0.3 is 6.03 Å². The Morgan fingerprint density at radius 1 is 1.12 bits per heavy atom. The molecule has 4 amide bonds. The molecule has 0 aromatic heterocycles. The molecule has 1 atom stereocenters. The Bertz CT molecular complexity index is 854. The molecule has 0 N–H and O–H groups in total. The van der Waals surface area contributed by atoms with Gasteiger partial charge in [0.15, 0.2) is 6.10 Å². The van der Waals surface area contributed by atoms with Crippen LogP contribution in [0.2, 0.25) is 5.02 Å². The SMILES string of the molecule is CC(Oc1ccc(F)cc1)C(=O)N1CC(=O)N(c2ccc(Cl)cc2)C1=O. The highest BCUT2D eigenvalue weighted by Crippen LogP contribution is 2.24. The molecule has 1 heterocycles. The van der Waals surface area contributed by atoms with Crippen molar-refractivity contribution in [3.8, 4) is 5.75 Å². The maximum Gasteiger partial charge on any atom is 0.338 e. The molecule has 0 spiro atoms. The fourth-order valence-corrected chi connectivity index (χ4v) is 2.63. The molecule has 2 aromatic carbocycles. The molecule has 8 heteroatoms. The molecule has 3 rings (SSSR count). The number of carbonyl (C=O) groups excluding carboxylic acids is 3. The molecule has 0 saturated carbocycles. The van der Waals surface area contributed by atoms with E-state index in [2.05, 4.69) is 0 Å². The first-order chi connectivity index (χ1) is 12.4. The molecule has 1 unspecified atom stereocenters. The van der Waals surface area contributed by atoms with Crippen molar-refractivity contribution < 1.29 is 23.5 Å². The van der Waals surface area contributed by atoms with Gasteiger partial charge in [0.05, 0.1) is 5.69 Å². The van der Waals surface area contributed by atoms with Gasteiger partial charge in [0.2, 0.25) is 0 Å². The molecule has 0 radical (unpaired) electrons. The minimum Gasteiger partial charge on any atom is -0.481 e. The van der Waals surface area contributed by atoms with Crippen LogP contribution >= 0.6 is 11.6 Å². The number of nitrogens with zero attached hydrogens (tertiary/aromatic N) is 2. The molecular weight excluding hydrogens is 363 g/mol. The third-order valence-corrected chi connectivity index (χ3v) is 4.04. The van der Waals surface area contributed by atoms with Gasteiger partial charge in [-0.1, -0.05) is 11.6 Å². The summed E-state index contributed by atoms with van der Waals surface area (Å²) < 4.78 is 18.4. The third-order valence-electron chi connectivity index (χ3n) is 3.79. The molecule has 134 valence electrons. The van der Waals surface area contributed by atoms with Gasteiger partial charge in [-0.15, -0.1) is 0 Å². The Kier molecular flexibility index (Phi) is 4.90. The van der Waals surface area contributed by atoms with Crippen LogP contribution in [0.5, 0.6) is 5.75 Å². The van der Waals surface area contributed by atoms with Gasteiger partial charge in [-0.3, -0.25) is 14.5 Å². The Hall–Kier alpha value is -2.93. The Morgan fingerprint density at radius 3 is 2.35 bits per heavy atom. The highest BCUT2D eigenvalue weighted by Gasteiger charge is 2.42. The topological polar surface area (TPSA) is 66.9 Å². The average molecular weight is 377 g/mol. The van der Waals surface area contributed by atoms with E-state index in [-0.39, 0.29) is 12.3 Å². The standard InChI is InChI=1S/C18H14ClFN2O4/c1-11(26-15-8-4-13(20)5-9-15)17(24)21-10-16(23)22(18(21)25)14-6-2-12(19)3-7-14/h2-9,11H,10H2,1H3. The van der Waals surface area contributed by atoms with E-state index in [4.69, 9.17) is 16.3 Å².